The molecule has 5 rings (SSSR count). The van der Waals surface area contributed by atoms with Gasteiger partial charge in [-0.3, -0.25) is 0 Å². The van der Waals surface area contributed by atoms with Crippen molar-refractivity contribution in [3.63, 3.8) is 0 Å². The molecule has 0 radical (unpaired) electrons. The van der Waals surface area contributed by atoms with Crippen molar-refractivity contribution in [2.24, 2.45) is 0 Å². The van der Waals surface area contributed by atoms with Crippen LogP contribution in [0.25, 0.3) is 22.9 Å². The average Bonchev–Trinajstić information content (AvgIpc) is 3.37. The zero-order chi connectivity index (χ0) is 19.5. The Morgan fingerprint density at radius 1 is 0.690 bits per heavy atom. The van der Waals surface area contributed by atoms with Gasteiger partial charge in [0.15, 0.2) is 0 Å². The molecule has 8 bridgehead atoms. The molecule has 148 valence electrons. The number of benzene rings is 2. The molecular formula is C24H20N2O2Pt. The molecule has 1 aliphatic heterocycles. The van der Waals surface area contributed by atoms with Gasteiger partial charge in [0.1, 0.15) is 12.5 Å². The van der Waals surface area contributed by atoms with E-state index in [4.69, 9.17) is 8.83 Å². The summed E-state index contributed by atoms with van der Waals surface area (Å²) >= 11 is 0. The molecule has 0 amide bonds. The zero-order valence-corrected chi connectivity index (χ0v) is 18.9. The number of hydrogen-bond acceptors (Lipinski definition) is 4. The van der Waals surface area contributed by atoms with Gasteiger partial charge in [-0.25, -0.2) is 21.1 Å². The molecular weight excluding hydrogens is 543 g/mol. The molecule has 1 aliphatic rings. The van der Waals surface area contributed by atoms with Crippen LogP contribution in [0.15, 0.2) is 57.8 Å². The Hall–Kier alpha value is -2.45. The van der Waals surface area contributed by atoms with Crippen LogP contribution in [0.3, 0.4) is 0 Å². The summed E-state index contributed by atoms with van der Waals surface area (Å²) in [5.41, 5.74) is 4.94. The van der Waals surface area contributed by atoms with Crippen LogP contribution < -0.4 is 0 Å². The first-order valence-corrected chi connectivity index (χ1v) is 9.34. The van der Waals surface area contributed by atoms with Crippen molar-refractivity contribution >= 4 is 0 Å². The predicted octanol–water partition coefficient (Wildman–Crippen LogP) is 5.56. The Bertz CT molecular complexity index is 1090. The third kappa shape index (κ3) is 3.10. The second-order valence-electron chi connectivity index (χ2n) is 8.28. The van der Waals surface area contributed by atoms with Crippen molar-refractivity contribution in [3.05, 3.63) is 83.6 Å². The molecule has 0 aliphatic carbocycles. The van der Waals surface area contributed by atoms with Gasteiger partial charge in [-0.1, -0.05) is 27.7 Å². The molecule has 0 spiro atoms. The minimum Gasteiger partial charge on any atom is -0.441 e. The van der Waals surface area contributed by atoms with Gasteiger partial charge in [0.2, 0.25) is 0 Å². The van der Waals surface area contributed by atoms with E-state index >= 15 is 0 Å². The van der Waals surface area contributed by atoms with E-state index in [2.05, 4.69) is 86.2 Å². The second kappa shape index (κ2) is 6.81. The van der Waals surface area contributed by atoms with Crippen LogP contribution in [0.4, 0.5) is 0 Å². The van der Waals surface area contributed by atoms with Crippen LogP contribution in [0.1, 0.15) is 50.2 Å². The smallest absolute Gasteiger partial charge is 0.441 e. The maximum Gasteiger partial charge on any atom is 2.00 e. The van der Waals surface area contributed by atoms with E-state index in [1.807, 2.05) is 0 Å². The van der Waals surface area contributed by atoms with Crippen LogP contribution in [0.2, 0.25) is 0 Å². The Kier molecular flexibility index (Phi) is 4.66. The van der Waals surface area contributed by atoms with Crippen LogP contribution in [0.5, 0.6) is 0 Å². The summed E-state index contributed by atoms with van der Waals surface area (Å²) in [5.74, 6) is 0.770. The normalized spacial score (nSPS) is 15.9. The first-order valence-electron chi connectivity index (χ1n) is 9.34. The van der Waals surface area contributed by atoms with Crippen LogP contribution in [0, 0.1) is 12.1 Å². The predicted molar refractivity (Wildman–Crippen MR) is 106 cm³/mol. The SMILES string of the molecule is CC1(C)c2[c-]c(ccc2)-c2[c-]c(ccc2)C(C)(C)c2coc(n2)-c2nc1co2.[Pt+2]. The van der Waals surface area contributed by atoms with Gasteiger partial charge >= 0.3 is 21.1 Å². The van der Waals surface area contributed by atoms with E-state index in [0.29, 0.717) is 11.8 Å². The molecule has 0 unspecified atom stereocenters. The maximum atomic E-state index is 5.72. The molecule has 3 heterocycles. The van der Waals surface area contributed by atoms with E-state index < -0.39 is 0 Å². The molecule has 0 fully saturated rings. The van der Waals surface area contributed by atoms with Crippen molar-refractivity contribution in [2.45, 2.75) is 38.5 Å². The average molecular weight is 564 g/mol. The fourth-order valence-corrected chi connectivity index (χ4v) is 3.58. The number of rotatable bonds is 0. The minimum absolute atomic E-state index is 0. The summed E-state index contributed by atoms with van der Waals surface area (Å²) in [5, 5.41) is 0. The van der Waals surface area contributed by atoms with Gasteiger partial charge in [-0.2, -0.15) is 36.4 Å². The Morgan fingerprint density at radius 2 is 1.10 bits per heavy atom. The van der Waals surface area contributed by atoms with Gasteiger partial charge in [0.05, 0.1) is 11.4 Å². The standard InChI is InChI=1S/C24H20N2O2.Pt/c1-23(2)17-9-5-7-15(11-17)16-8-6-10-18(12-16)24(3,4)20-14-28-22(26-20)21-25-19(23)13-27-21;/h5-10,13-14H,1-4H3;/q-2;+2. The summed E-state index contributed by atoms with van der Waals surface area (Å²) in [6, 6.07) is 19.5. The van der Waals surface area contributed by atoms with Gasteiger partial charge in [0, 0.05) is 10.8 Å². The number of fused-ring (bicyclic) bond motifs is 10. The molecule has 2 aromatic heterocycles. The van der Waals surface area contributed by atoms with Gasteiger partial charge in [-0.05, 0) is 0 Å². The molecule has 0 saturated heterocycles. The largest absolute Gasteiger partial charge is 2.00 e. The quantitative estimate of drug-likeness (QED) is 0.263. The molecule has 0 atom stereocenters. The van der Waals surface area contributed by atoms with E-state index in [1.165, 1.54) is 0 Å². The number of oxazole rings is 2. The summed E-state index contributed by atoms with van der Waals surface area (Å²) in [6.07, 6.45) is 3.35. The van der Waals surface area contributed by atoms with Gasteiger partial charge in [-0.15, -0.1) is 23.3 Å². The molecule has 29 heavy (non-hydrogen) atoms. The fourth-order valence-electron chi connectivity index (χ4n) is 3.58. The number of hydrogen-bond donors (Lipinski definition) is 0. The van der Waals surface area contributed by atoms with Crippen molar-refractivity contribution in [2.75, 3.05) is 0 Å². The van der Waals surface area contributed by atoms with Crippen molar-refractivity contribution in [1.29, 1.82) is 0 Å². The van der Waals surface area contributed by atoms with Gasteiger partial charge < -0.3 is 8.83 Å². The molecule has 5 heteroatoms. The third-order valence-corrected chi connectivity index (χ3v) is 5.70. The molecule has 0 N–H and O–H groups in total. The second-order valence-corrected chi connectivity index (χ2v) is 8.28. The molecule has 4 nitrogen and oxygen atoms in total. The molecule has 0 saturated carbocycles. The van der Waals surface area contributed by atoms with E-state index in [-0.39, 0.29) is 31.9 Å². The first kappa shape index (κ1) is 19.8. The summed E-state index contributed by atoms with van der Waals surface area (Å²) in [4.78, 5) is 9.35. The summed E-state index contributed by atoms with van der Waals surface area (Å²) < 4.78 is 11.4. The summed E-state index contributed by atoms with van der Waals surface area (Å²) in [7, 11) is 0. The van der Waals surface area contributed by atoms with E-state index in [0.717, 1.165) is 33.6 Å². The molecule has 4 aromatic rings. The van der Waals surface area contributed by atoms with Crippen molar-refractivity contribution in [1.82, 2.24) is 9.97 Å². The number of aromatic nitrogens is 2. The molecule has 2 aromatic carbocycles. The van der Waals surface area contributed by atoms with Crippen molar-refractivity contribution in [3.8, 4) is 22.9 Å². The number of nitrogens with zero attached hydrogens (tertiary/aromatic N) is 2. The maximum absolute atomic E-state index is 5.72. The van der Waals surface area contributed by atoms with Crippen LogP contribution >= 0.6 is 0 Å². The van der Waals surface area contributed by atoms with Crippen LogP contribution in [-0.4, -0.2) is 9.97 Å². The van der Waals surface area contributed by atoms with E-state index in [9.17, 15) is 0 Å². The van der Waals surface area contributed by atoms with Gasteiger partial charge in [0.25, 0.3) is 11.8 Å². The van der Waals surface area contributed by atoms with E-state index in [1.54, 1.807) is 12.5 Å². The minimum atomic E-state index is -0.381. The Balaban J connectivity index is 0.00000205. The fraction of sp³-hybridized carbons (Fsp3) is 0.250. The monoisotopic (exact) mass is 563 g/mol. The summed E-state index contributed by atoms with van der Waals surface area (Å²) in [6.45, 7) is 8.45. The zero-order valence-electron chi connectivity index (χ0n) is 16.6. The first-order chi connectivity index (χ1) is 13.4. The topological polar surface area (TPSA) is 52.1 Å². The van der Waals surface area contributed by atoms with Crippen LogP contribution in [-0.2, 0) is 31.9 Å². The Labute approximate surface area is 184 Å². The van der Waals surface area contributed by atoms with Crippen molar-refractivity contribution < 1.29 is 29.9 Å². The third-order valence-electron chi connectivity index (χ3n) is 5.70. The Morgan fingerprint density at radius 3 is 1.52 bits per heavy atom.